The molecule has 1 aliphatic heterocycles. The average molecular weight is 180 g/mol. The topological polar surface area (TPSA) is 88.4 Å². The fourth-order valence-corrected chi connectivity index (χ4v) is 0.907. The van der Waals surface area contributed by atoms with Crippen LogP contribution in [0.5, 0.6) is 0 Å². The van der Waals surface area contributed by atoms with Gasteiger partial charge < -0.3 is 29.5 Å². The summed E-state index contributed by atoms with van der Waals surface area (Å²) >= 11 is 0. The fourth-order valence-electron chi connectivity index (χ4n) is 0.907. The highest BCUT2D eigenvalue weighted by Crippen LogP contribution is 2.17. The Labute approximate surface area is 69.3 Å². The van der Waals surface area contributed by atoms with E-state index in [4.69, 9.17) is 20.1 Å². The third-order valence-electron chi connectivity index (χ3n) is 1.55. The van der Waals surface area contributed by atoms with Gasteiger partial charge in [-0.15, -0.1) is 0 Å². The summed E-state index contributed by atoms with van der Waals surface area (Å²) in [7, 11) is 1.32. The van der Waals surface area contributed by atoms with E-state index in [0.29, 0.717) is 0 Å². The van der Waals surface area contributed by atoms with Crippen molar-refractivity contribution in [2.45, 2.75) is 25.0 Å². The Morgan fingerprint density at radius 1 is 1.25 bits per heavy atom. The minimum absolute atomic E-state index is 0.395. The van der Waals surface area contributed by atoms with Crippen LogP contribution in [-0.4, -0.2) is 54.0 Å². The quantitative estimate of drug-likeness (QED) is 0.455. The number of hydrogen-bond donors (Lipinski definition) is 3. The molecule has 0 aromatic carbocycles. The van der Waals surface area contributed by atoms with E-state index >= 15 is 0 Å². The lowest BCUT2D eigenvalue weighted by Gasteiger charge is -2.35. The third-order valence-corrected chi connectivity index (χ3v) is 1.55. The van der Waals surface area contributed by atoms with Gasteiger partial charge in [-0.3, -0.25) is 0 Å². The summed E-state index contributed by atoms with van der Waals surface area (Å²) in [4.78, 5) is 0. The number of hydrogen-bond acceptors (Lipinski definition) is 6. The van der Waals surface area contributed by atoms with Crippen LogP contribution >= 0.6 is 0 Å². The van der Waals surface area contributed by atoms with E-state index in [9.17, 15) is 0 Å². The highest BCUT2D eigenvalue weighted by Gasteiger charge is 2.36. The molecule has 2 unspecified atom stereocenters. The van der Waals surface area contributed by atoms with Crippen LogP contribution in [0.15, 0.2) is 0 Å². The SMILES string of the molecule is CO[C@@H]1O[C@H](CO)C(O)OC1O. The molecule has 1 aliphatic rings. The standard InChI is InChI=1S/C6H12O6/c1-10-6-5(9)12-4(8)3(2-7)11-6/h3-9H,2H2,1H3/t3-,4?,5?,6-/m1/s1. The van der Waals surface area contributed by atoms with Crippen LogP contribution in [0.4, 0.5) is 0 Å². The molecule has 0 amide bonds. The smallest absolute Gasteiger partial charge is 0.209 e. The van der Waals surface area contributed by atoms with Crippen molar-refractivity contribution in [2.75, 3.05) is 13.7 Å². The Morgan fingerprint density at radius 3 is 2.42 bits per heavy atom. The zero-order valence-corrected chi connectivity index (χ0v) is 6.58. The summed E-state index contributed by atoms with van der Waals surface area (Å²) in [6, 6.07) is 0. The number of rotatable bonds is 2. The zero-order valence-electron chi connectivity index (χ0n) is 6.58. The Bertz CT molecular complexity index is 126. The molecule has 0 aliphatic carbocycles. The van der Waals surface area contributed by atoms with E-state index in [1.54, 1.807) is 0 Å². The highest BCUT2D eigenvalue weighted by molar-refractivity contribution is 4.67. The van der Waals surface area contributed by atoms with E-state index in [1.807, 2.05) is 0 Å². The van der Waals surface area contributed by atoms with Gasteiger partial charge in [-0.2, -0.15) is 0 Å². The Balaban J connectivity index is 2.50. The Morgan fingerprint density at radius 2 is 1.92 bits per heavy atom. The van der Waals surface area contributed by atoms with Gasteiger partial charge >= 0.3 is 0 Å². The molecule has 0 radical (unpaired) electrons. The molecule has 0 saturated carbocycles. The van der Waals surface area contributed by atoms with Crippen molar-refractivity contribution in [3.63, 3.8) is 0 Å². The molecule has 0 aromatic rings. The van der Waals surface area contributed by atoms with Gasteiger partial charge in [0.15, 0.2) is 6.29 Å². The van der Waals surface area contributed by atoms with E-state index in [-0.39, 0.29) is 0 Å². The molecule has 6 nitrogen and oxygen atoms in total. The average Bonchev–Trinajstić information content (AvgIpc) is 2.05. The first-order chi connectivity index (χ1) is 5.69. The van der Waals surface area contributed by atoms with Gasteiger partial charge in [0.25, 0.3) is 0 Å². The molecule has 1 heterocycles. The molecule has 12 heavy (non-hydrogen) atoms. The van der Waals surface area contributed by atoms with Gasteiger partial charge in [0.05, 0.1) is 6.61 Å². The number of aliphatic hydroxyl groups excluding tert-OH is 3. The van der Waals surface area contributed by atoms with Crippen LogP contribution in [0.1, 0.15) is 0 Å². The number of ether oxygens (including phenoxy) is 3. The predicted molar refractivity (Wildman–Crippen MR) is 35.9 cm³/mol. The van der Waals surface area contributed by atoms with Crippen LogP contribution in [0.25, 0.3) is 0 Å². The van der Waals surface area contributed by atoms with Crippen LogP contribution in [0, 0.1) is 0 Å². The summed E-state index contributed by atoms with van der Waals surface area (Å²) in [6.45, 7) is -0.395. The Hall–Kier alpha value is -0.240. The second kappa shape index (κ2) is 4.13. The summed E-state index contributed by atoms with van der Waals surface area (Å²) in [6.07, 6.45) is -4.49. The van der Waals surface area contributed by atoms with Gasteiger partial charge in [0, 0.05) is 7.11 Å². The zero-order chi connectivity index (χ0) is 9.14. The molecule has 0 bridgehead atoms. The minimum Gasteiger partial charge on any atom is -0.393 e. The van der Waals surface area contributed by atoms with Gasteiger partial charge in [-0.05, 0) is 0 Å². The molecule has 72 valence electrons. The largest absolute Gasteiger partial charge is 0.393 e. The van der Waals surface area contributed by atoms with Crippen molar-refractivity contribution in [1.29, 1.82) is 0 Å². The van der Waals surface area contributed by atoms with Crippen LogP contribution in [-0.2, 0) is 14.2 Å². The maximum Gasteiger partial charge on any atom is 0.209 e. The molecule has 1 fully saturated rings. The van der Waals surface area contributed by atoms with Crippen molar-refractivity contribution in [2.24, 2.45) is 0 Å². The monoisotopic (exact) mass is 180 g/mol. The fraction of sp³-hybridized carbons (Fsp3) is 1.00. The number of aliphatic hydroxyl groups is 3. The van der Waals surface area contributed by atoms with Gasteiger partial charge in [-0.1, -0.05) is 0 Å². The Kier molecular flexibility index (Phi) is 3.39. The second-order valence-corrected chi connectivity index (χ2v) is 2.38. The van der Waals surface area contributed by atoms with E-state index in [1.165, 1.54) is 7.11 Å². The van der Waals surface area contributed by atoms with Gasteiger partial charge in [-0.25, -0.2) is 0 Å². The summed E-state index contributed by atoms with van der Waals surface area (Å²) in [5, 5.41) is 26.7. The third kappa shape index (κ3) is 1.92. The van der Waals surface area contributed by atoms with Gasteiger partial charge in [0.2, 0.25) is 12.6 Å². The highest BCUT2D eigenvalue weighted by atomic mass is 16.8. The summed E-state index contributed by atoms with van der Waals surface area (Å²) in [5.41, 5.74) is 0. The summed E-state index contributed by atoms with van der Waals surface area (Å²) in [5.74, 6) is 0. The molecule has 4 atom stereocenters. The lowest BCUT2D eigenvalue weighted by atomic mass is 10.3. The van der Waals surface area contributed by atoms with Crippen molar-refractivity contribution in [3.8, 4) is 0 Å². The number of methoxy groups -OCH3 is 1. The molecule has 3 N–H and O–H groups in total. The van der Waals surface area contributed by atoms with E-state index in [2.05, 4.69) is 9.47 Å². The molecule has 1 saturated heterocycles. The first kappa shape index (κ1) is 9.85. The predicted octanol–water partition coefficient (Wildman–Crippen LogP) is -2.00. The maximum absolute atomic E-state index is 9.04. The molecule has 0 spiro atoms. The molecule has 1 rings (SSSR count). The van der Waals surface area contributed by atoms with Gasteiger partial charge in [0.1, 0.15) is 6.10 Å². The maximum atomic E-state index is 9.04. The van der Waals surface area contributed by atoms with E-state index in [0.717, 1.165) is 0 Å². The first-order valence-electron chi connectivity index (χ1n) is 3.49. The molecule has 6 heteroatoms. The molecular weight excluding hydrogens is 168 g/mol. The van der Waals surface area contributed by atoms with Crippen LogP contribution < -0.4 is 0 Å². The first-order valence-corrected chi connectivity index (χ1v) is 3.49. The lowest BCUT2D eigenvalue weighted by Crippen LogP contribution is -2.51. The van der Waals surface area contributed by atoms with Crippen LogP contribution in [0.3, 0.4) is 0 Å². The minimum atomic E-state index is -1.33. The van der Waals surface area contributed by atoms with Crippen LogP contribution in [0.2, 0.25) is 0 Å². The van der Waals surface area contributed by atoms with Crippen molar-refractivity contribution >= 4 is 0 Å². The van der Waals surface area contributed by atoms with Crippen molar-refractivity contribution in [1.82, 2.24) is 0 Å². The normalized spacial score (nSPS) is 43.0. The van der Waals surface area contributed by atoms with Crippen molar-refractivity contribution in [3.05, 3.63) is 0 Å². The molecular formula is C6H12O6. The summed E-state index contributed by atoms with van der Waals surface area (Å²) < 4.78 is 14.2. The lowest BCUT2D eigenvalue weighted by molar-refractivity contribution is -0.383. The van der Waals surface area contributed by atoms with Crippen molar-refractivity contribution < 1.29 is 29.5 Å². The van der Waals surface area contributed by atoms with E-state index < -0.39 is 31.6 Å². The molecule has 0 aromatic heterocycles. The second-order valence-electron chi connectivity index (χ2n) is 2.38.